The Labute approximate surface area is 62.4 Å². The zero-order chi connectivity index (χ0) is 7.56. The summed E-state index contributed by atoms with van der Waals surface area (Å²) in [5.41, 5.74) is 0. The van der Waals surface area contributed by atoms with Crippen LogP contribution >= 0.6 is 0 Å². The minimum Gasteiger partial charge on any atom is -0.467 e. The van der Waals surface area contributed by atoms with E-state index in [9.17, 15) is 0 Å². The van der Waals surface area contributed by atoms with Crippen LogP contribution in [-0.2, 0) is 4.74 Å². The molecule has 10 heavy (non-hydrogen) atoms. The van der Waals surface area contributed by atoms with Crippen molar-refractivity contribution in [1.29, 1.82) is 0 Å². The molecule has 0 amide bonds. The van der Waals surface area contributed by atoms with Crippen LogP contribution in [-0.4, -0.2) is 0 Å². The van der Waals surface area contributed by atoms with Gasteiger partial charge in [-0.1, -0.05) is 13.8 Å². The summed E-state index contributed by atoms with van der Waals surface area (Å²) in [5.74, 6) is 2.68. The molecule has 1 rings (SSSR count). The molecule has 1 unspecified atom stereocenters. The molecule has 1 heterocycles. The van der Waals surface area contributed by atoms with Gasteiger partial charge in [-0.05, 0) is 25.0 Å². The fourth-order valence-corrected chi connectivity index (χ4v) is 1.18. The number of hydrogen-bond acceptors (Lipinski definition) is 1. The highest BCUT2D eigenvalue weighted by Gasteiger charge is 2.06. The topological polar surface area (TPSA) is 9.23 Å². The van der Waals surface area contributed by atoms with Gasteiger partial charge in [-0.15, -0.1) is 0 Å². The van der Waals surface area contributed by atoms with Gasteiger partial charge in [-0.3, -0.25) is 0 Å². The zero-order valence-corrected chi connectivity index (χ0v) is 6.85. The Morgan fingerprint density at radius 2 is 2.20 bits per heavy atom. The molecule has 0 saturated carbocycles. The molecular formula is C9H14O. The van der Waals surface area contributed by atoms with Crippen LogP contribution in [0.4, 0.5) is 0 Å². The van der Waals surface area contributed by atoms with Gasteiger partial charge >= 0.3 is 0 Å². The van der Waals surface area contributed by atoms with Gasteiger partial charge in [0.25, 0.3) is 0 Å². The second-order valence-corrected chi connectivity index (χ2v) is 2.73. The van der Waals surface area contributed by atoms with Crippen LogP contribution in [0.15, 0.2) is 23.7 Å². The van der Waals surface area contributed by atoms with Crippen molar-refractivity contribution in [2.45, 2.75) is 27.2 Å². The third-order valence-electron chi connectivity index (χ3n) is 1.59. The monoisotopic (exact) mass is 138 g/mol. The van der Waals surface area contributed by atoms with E-state index < -0.39 is 0 Å². The van der Waals surface area contributed by atoms with Crippen molar-refractivity contribution in [1.82, 2.24) is 0 Å². The quantitative estimate of drug-likeness (QED) is 0.541. The van der Waals surface area contributed by atoms with E-state index in [4.69, 9.17) is 4.74 Å². The zero-order valence-electron chi connectivity index (χ0n) is 6.85. The van der Waals surface area contributed by atoms with Crippen LogP contribution in [0.3, 0.4) is 0 Å². The highest BCUT2D eigenvalue weighted by atomic mass is 16.5. The van der Waals surface area contributed by atoms with Gasteiger partial charge in [0.15, 0.2) is 0 Å². The Morgan fingerprint density at radius 1 is 1.50 bits per heavy atom. The fourth-order valence-electron chi connectivity index (χ4n) is 1.18. The van der Waals surface area contributed by atoms with E-state index >= 15 is 0 Å². The Morgan fingerprint density at radius 3 is 2.70 bits per heavy atom. The Balaban J connectivity index is 2.65. The predicted octanol–water partition coefficient (Wildman–Crippen LogP) is 2.85. The molecule has 56 valence electrons. The van der Waals surface area contributed by atoms with E-state index in [2.05, 4.69) is 26.0 Å². The second kappa shape index (κ2) is 2.91. The fraction of sp³-hybridized carbons (Fsp3) is 0.556. The molecule has 0 saturated heterocycles. The summed E-state index contributed by atoms with van der Waals surface area (Å²) in [4.78, 5) is 0. The van der Waals surface area contributed by atoms with Gasteiger partial charge in [-0.25, -0.2) is 0 Å². The van der Waals surface area contributed by atoms with E-state index in [0.29, 0.717) is 5.92 Å². The predicted molar refractivity (Wildman–Crippen MR) is 42.4 cm³/mol. The Hall–Kier alpha value is -0.720. The first-order chi connectivity index (χ1) is 4.72. The normalized spacial score (nSPS) is 24.9. The lowest BCUT2D eigenvalue weighted by atomic mass is 10.1. The molecule has 1 nitrogen and oxygen atoms in total. The minimum atomic E-state index is 0.545. The number of rotatable bonds is 1. The van der Waals surface area contributed by atoms with Crippen LogP contribution in [0, 0.1) is 5.92 Å². The average molecular weight is 138 g/mol. The maximum atomic E-state index is 5.43. The molecule has 1 aliphatic heterocycles. The summed E-state index contributed by atoms with van der Waals surface area (Å²) in [6.45, 7) is 6.28. The minimum absolute atomic E-state index is 0.545. The molecule has 0 fully saturated rings. The largest absolute Gasteiger partial charge is 0.467 e. The summed E-state index contributed by atoms with van der Waals surface area (Å²) in [7, 11) is 0. The number of hydrogen-bond donors (Lipinski definition) is 0. The SMILES string of the molecule is CCC1=CC(C)C=C(C)O1. The van der Waals surface area contributed by atoms with Gasteiger partial charge in [0.05, 0.1) is 11.5 Å². The van der Waals surface area contributed by atoms with E-state index in [1.165, 1.54) is 0 Å². The molecule has 0 spiro atoms. The Kier molecular flexibility index (Phi) is 2.15. The van der Waals surface area contributed by atoms with Crippen LogP contribution in [0.25, 0.3) is 0 Å². The molecule has 0 bridgehead atoms. The third kappa shape index (κ3) is 1.63. The van der Waals surface area contributed by atoms with E-state index in [1.54, 1.807) is 0 Å². The lowest BCUT2D eigenvalue weighted by Gasteiger charge is -2.16. The summed E-state index contributed by atoms with van der Waals surface area (Å²) in [6, 6.07) is 0. The van der Waals surface area contributed by atoms with Gasteiger partial charge < -0.3 is 4.74 Å². The van der Waals surface area contributed by atoms with Crippen LogP contribution in [0.5, 0.6) is 0 Å². The molecule has 0 aliphatic carbocycles. The van der Waals surface area contributed by atoms with Gasteiger partial charge in [0, 0.05) is 6.42 Å². The lowest BCUT2D eigenvalue weighted by molar-refractivity contribution is 0.280. The standard InChI is InChI=1S/C9H14O/c1-4-9-6-7(2)5-8(3)10-9/h5-7H,4H2,1-3H3. The van der Waals surface area contributed by atoms with Crippen molar-refractivity contribution in [3.05, 3.63) is 23.7 Å². The van der Waals surface area contributed by atoms with Gasteiger partial charge in [0.2, 0.25) is 0 Å². The summed E-state index contributed by atoms with van der Waals surface area (Å²) < 4.78 is 5.43. The van der Waals surface area contributed by atoms with Crippen molar-refractivity contribution in [3.63, 3.8) is 0 Å². The summed E-state index contributed by atoms with van der Waals surface area (Å²) >= 11 is 0. The third-order valence-corrected chi connectivity index (χ3v) is 1.59. The smallest absolute Gasteiger partial charge is 0.0999 e. The molecular weight excluding hydrogens is 124 g/mol. The van der Waals surface area contributed by atoms with Crippen molar-refractivity contribution in [2.24, 2.45) is 5.92 Å². The lowest BCUT2D eigenvalue weighted by Crippen LogP contribution is -2.00. The first-order valence-corrected chi connectivity index (χ1v) is 3.79. The van der Waals surface area contributed by atoms with E-state index in [1.807, 2.05) is 6.92 Å². The highest BCUT2D eigenvalue weighted by Crippen LogP contribution is 2.20. The molecule has 0 N–H and O–H groups in total. The van der Waals surface area contributed by atoms with Gasteiger partial charge in [0.1, 0.15) is 0 Å². The molecule has 0 aromatic carbocycles. The summed E-state index contributed by atoms with van der Waals surface area (Å²) in [5, 5.41) is 0. The van der Waals surface area contributed by atoms with Gasteiger partial charge in [-0.2, -0.15) is 0 Å². The van der Waals surface area contributed by atoms with Crippen molar-refractivity contribution >= 4 is 0 Å². The second-order valence-electron chi connectivity index (χ2n) is 2.73. The molecule has 0 radical (unpaired) electrons. The number of ether oxygens (including phenoxy) is 1. The first-order valence-electron chi connectivity index (χ1n) is 3.79. The molecule has 1 atom stereocenters. The van der Waals surface area contributed by atoms with E-state index in [0.717, 1.165) is 17.9 Å². The van der Waals surface area contributed by atoms with Crippen LogP contribution in [0.1, 0.15) is 27.2 Å². The molecule has 0 aromatic rings. The maximum absolute atomic E-state index is 5.43. The van der Waals surface area contributed by atoms with E-state index in [-0.39, 0.29) is 0 Å². The van der Waals surface area contributed by atoms with Crippen molar-refractivity contribution in [2.75, 3.05) is 0 Å². The molecule has 0 aromatic heterocycles. The number of allylic oxidation sites excluding steroid dienone is 4. The average Bonchev–Trinajstić information content (AvgIpc) is 1.85. The highest BCUT2D eigenvalue weighted by molar-refractivity contribution is 5.12. The van der Waals surface area contributed by atoms with Crippen LogP contribution < -0.4 is 0 Å². The van der Waals surface area contributed by atoms with Crippen molar-refractivity contribution in [3.8, 4) is 0 Å². The van der Waals surface area contributed by atoms with Crippen LogP contribution in [0.2, 0.25) is 0 Å². The molecule has 1 aliphatic rings. The maximum Gasteiger partial charge on any atom is 0.0999 e. The summed E-state index contributed by atoms with van der Waals surface area (Å²) in [6.07, 6.45) is 5.28. The first kappa shape index (κ1) is 7.39. The van der Waals surface area contributed by atoms with Crippen molar-refractivity contribution < 1.29 is 4.74 Å². The molecule has 1 heteroatoms. The Bertz CT molecular complexity index is 177.